The van der Waals surface area contributed by atoms with Crippen LogP contribution in [0.25, 0.3) is 10.4 Å². The molecular weight excluding hydrogens is 292 g/mol. The second-order valence-corrected chi connectivity index (χ2v) is 4.98. The number of hydrogen-bond donors (Lipinski definition) is 0. The third-order valence-electron chi connectivity index (χ3n) is 2.94. The van der Waals surface area contributed by atoms with Crippen LogP contribution >= 0.6 is 11.3 Å². The van der Waals surface area contributed by atoms with Crippen molar-refractivity contribution >= 4 is 23.3 Å². The van der Waals surface area contributed by atoms with Gasteiger partial charge in [-0.15, -0.1) is 11.3 Å². The van der Waals surface area contributed by atoms with Gasteiger partial charge in [0.2, 0.25) is 0 Å². The number of methoxy groups -OCH3 is 3. The molecule has 0 saturated carbocycles. The molecule has 1 aromatic heterocycles. The fourth-order valence-corrected chi connectivity index (χ4v) is 2.81. The van der Waals surface area contributed by atoms with Gasteiger partial charge < -0.3 is 14.2 Å². The summed E-state index contributed by atoms with van der Waals surface area (Å²) in [6.07, 6.45) is 0. The summed E-state index contributed by atoms with van der Waals surface area (Å²) in [4.78, 5) is 24.3. The first-order chi connectivity index (χ1) is 10.1. The van der Waals surface area contributed by atoms with Crippen molar-refractivity contribution in [3.63, 3.8) is 0 Å². The highest BCUT2D eigenvalue weighted by Crippen LogP contribution is 2.38. The molecule has 0 atom stereocenters. The maximum Gasteiger partial charge on any atom is 0.338 e. The highest BCUT2D eigenvalue weighted by atomic mass is 32.1. The van der Waals surface area contributed by atoms with Gasteiger partial charge in [-0.25, -0.2) is 9.59 Å². The summed E-state index contributed by atoms with van der Waals surface area (Å²) in [5.41, 5.74) is 1.30. The third kappa shape index (κ3) is 2.90. The zero-order chi connectivity index (χ0) is 15.4. The van der Waals surface area contributed by atoms with Gasteiger partial charge in [-0.3, -0.25) is 0 Å². The van der Waals surface area contributed by atoms with Crippen LogP contribution in [0, 0.1) is 0 Å². The first-order valence-corrected chi connectivity index (χ1v) is 6.92. The van der Waals surface area contributed by atoms with E-state index in [1.165, 1.54) is 31.6 Å². The highest BCUT2D eigenvalue weighted by molar-refractivity contribution is 7.14. The fourth-order valence-electron chi connectivity index (χ4n) is 1.92. The van der Waals surface area contributed by atoms with E-state index in [9.17, 15) is 9.59 Å². The maximum atomic E-state index is 11.9. The summed E-state index contributed by atoms with van der Waals surface area (Å²) >= 11 is 1.41. The number of hydrogen-bond acceptors (Lipinski definition) is 6. The molecule has 0 radical (unpaired) electrons. The van der Waals surface area contributed by atoms with E-state index in [-0.39, 0.29) is 0 Å². The minimum Gasteiger partial charge on any atom is -0.495 e. The zero-order valence-electron chi connectivity index (χ0n) is 11.8. The summed E-state index contributed by atoms with van der Waals surface area (Å²) < 4.78 is 14.8. The standard InChI is InChI=1S/C15H14O5S/c1-18-12-6-7-21-13(12)11-8-9(14(16)19-2)4-5-10(11)15(17)20-3/h4-8H,1-3H3. The molecule has 0 unspecified atom stereocenters. The lowest BCUT2D eigenvalue weighted by atomic mass is 10.0. The van der Waals surface area contributed by atoms with Crippen molar-refractivity contribution in [2.24, 2.45) is 0 Å². The quantitative estimate of drug-likeness (QED) is 0.813. The van der Waals surface area contributed by atoms with Crippen LogP contribution in [0.1, 0.15) is 20.7 Å². The predicted molar refractivity (Wildman–Crippen MR) is 79.0 cm³/mol. The Hall–Kier alpha value is -2.34. The average molecular weight is 306 g/mol. The first kappa shape index (κ1) is 15.1. The molecule has 6 heteroatoms. The lowest BCUT2D eigenvalue weighted by Gasteiger charge is -2.10. The third-order valence-corrected chi connectivity index (χ3v) is 3.87. The van der Waals surface area contributed by atoms with Crippen molar-refractivity contribution in [1.29, 1.82) is 0 Å². The lowest BCUT2D eigenvalue weighted by Crippen LogP contribution is -2.07. The number of ether oxygens (including phenoxy) is 3. The molecule has 0 spiro atoms. The molecular formula is C15H14O5S. The number of carbonyl (C=O) groups is 2. The smallest absolute Gasteiger partial charge is 0.338 e. The van der Waals surface area contributed by atoms with E-state index in [0.29, 0.717) is 22.4 Å². The second kappa shape index (κ2) is 6.41. The van der Waals surface area contributed by atoms with Gasteiger partial charge in [-0.05, 0) is 29.6 Å². The van der Waals surface area contributed by atoms with Crippen molar-refractivity contribution < 1.29 is 23.8 Å². The minimum atomic E-state index is -0.475. The molecule has 0 fully saturated rings. The first-order valence-electron chi connectivity index (χ1n) is 6.05. The van der Waals surface area contributed by atoms with Gasteiger partial charge in [0.15, 0.2) is 0 Å². The Balaban J connectivity index is 2.64. The van der Waals surface area contributed by atoms with Gasteiger partial charge >= 0.3 is 11.9 Å². The summed E-state index contributed by atoms with van der Waals surface area (Å²) in [5.74, 6) is -0.313. The number of rotatable bonds is 4. The Morgan fingerprint density at radius 1 is 1.00 bits per heavy atom. The number of benzene rings is 1. The van der Waals surface area contributed by atoms with Crippen LogP contribution in [-0.4, -0.2) is 33.3 Å². The van der Waals surface area contributed by atoms with E-state index in [1.54, 1.807) is 25.3 Å². The molecule has 0 amide bonds. The monoisotopic (exact) mass is 306 g/mol. The summed E-state index contributed by atoms with van der Waals surface area (Å²) in [6.45, 7) is 0. The summed E-state index contributed by atoms with van der Waals surface area (Å²) in [5, 5.41) is 1.85. The Labute approximate surface area is 126 Å². The zero-order valence-corrected chi connectivity index (χ0v) is 12.7. The number of thiophene rings is 1. The van der Waals surface area contributed by atoms with Gasteiger partial charge in [0.1, 0.15) is 5.75 Å². The Bertz CT molecular complexity index is 674. The average Bonchev–Trinajstić information content (AvgIpc) is 3.01. The van der Waals surface area contributed by atoms with Crippen LogP contribution in [0.5, 0.6) is 5.75 Å². The fraction of sp³-hybridized carbons (Fsp3) is 0.200. The van der Waals surface area contributed by atoms with Crippen molar-refractivity contribution in [3.05, 3.63) is 40.8 Å². The maximum absolute atomic E-state index is 11.9. The van der Waals surface area contributed by atoms with Crippen molar-refractivity contribution in [1.82, 2.24) is 0 Å². The van der Waals surface area contributed by atoms with Gasteiger partial charge in [-0.1, -0.05) is 0 Å². The Kier molecular flexibility index (Phi) is 4.59. The molecule has 1 heterocycles. The molecule has 0 bridgehead atoms. The summed E-state index contributed by atoms with van der Waals surface area (Å²) in [6, 6.07) is 6.48. The topological polar surface area (TPSA) is 61.8 Å². The molecule has 2 aromatic rings. The molecule has 1 aromatic carbocycles. The van der Waals surface area contributed by atoms with Gasteiger partial charge in [0, 0.05) is 5.56 Å². The molecule has 21 heavy (non-hydrogen) atoms. The van der Waals surface area contributed by atoms with E-state index in [0.717, 1.165) is 4.88 Å². The van der Waals surface area contributed by atoms with Crippen LogP contribution in [0.4, 0.5) is 0 Å². The Morgan fingerprint density at radius 3 is 2.33 bits per heavy atom. The normalized spacial score (nSPS) is 10.0. The van der Waals surface area contributed by atoms with E-state index >= 15 is 0 Å². The molecule has 5 nitrogen and oxygen atoms in total. The molecule has 0 N–H and O–H groups in total. The summed E-state index contributed by atoms with van der Waals surface area (Å²) in [7, 11) is 4.17. The van der Waals surface area contributed by atoms with Crippen LogP contribution in [0.3, 0.4) is 0 Å². The lowest BCUT2D eigenvalue weighted by molar-refractivity contribution is 0.0587. The van der Waals surface area contributed by atoms with Crippen LogP contribution in [0.2, 0.25) is 0 Å². The van der Waals surface area contributed by atoms with Crippen molar-refractivity contribution in [2.75, 3.05) is 21.3 Å². The van der Waals surface area contributed by atoms with E-state index < -0.39 is 11.9 Å². The van der Waals surface area contributed by atoms with E-state index in [4.69, 9.17) is 14.2 Å². The number of carbonyl (C=O) groups excluding carboxylic acids is 2. The molecule has 0 aliphatic carbocycles. The minimum absolute atomic E-state index is 0.357. The number of esters is 2. The van der Waals surface area contributed by atoms with Gasteiger partial charge in [0.05, 0.1) is 37.3 Å². The molecule has 0 aliphatic heterocycles. The van der Waals surface area contributed by atoms with E-state index in [2.05, 4.69) is 0 Å². The van der Waals surface area contributed by atoms with Crippen LogP contribution in [0.15, 0.2) is 29.6 Å². The highest BCUT2D eigenvalue weighted by Gasteiger charge is 2.20. The Morgan fingerprint density at radius 2 is 1.71 bits per heavy atom. The van der Waals surface area contributed by atoms with Crippen molar-refractivity contribution in [3.8, 4) is 16.2 Å². The second-order valence-electron chi connectivity index (χ2n) is 4.06. The van der Waals surface area contributed by atoms with Gasteiger partial charge in [0.25, 0.3) is 0 Å². The molecule has 0 aliphatic rings. The molecule has 2 rings (SSSR count). The largest absolute Gasteiger partial charge is 0.495 e. The SMILES string of the molecule is COC(=O)c1ccc(C(=O)OC)c(-c2sccc2OC)c1. The van der Waals surface area contributed by atoms with Crippen LogP contribution < -0.4 is 4.74 Å². The van der Waals surface area contributed by atoms with E-state index in [1.807, 2.05) is 5.38 Å². The van der Waals surface area contributed by atoms with Gasteiger partial charge in [-0.2, -0.15) is 0 Å². The predicted octanol–water partition coefficient (Wildman–Crippen LogP) is 3.00. The molecule has 110 valence electrons. The van der Waals surface area contributed by atoms with Crippen molar-refractivity contribution in [2.45, 2.75) is 0 Å². The van der Waals surface area contributed by atoms with Crippen LogP contribution in [-0.2, 0) is 9.47 Å². The molecule has 0 saturated heterocycles.